The highest BCUT2D eigenvalue weighted by Gasteiger charge is 2.17. The van der Waals surface area contributed by atoms with E-state index in [-0.39, 0.29) is 5.41 Å². The molecule has 13 heavy (non-hydrogen) atoms. The molecule has 0 aliphatic carbocycles. The van der Waals surface area contributed by atoms with Crippen LogP contribution < -0.4 is 0 Å². The van der Waals surface area contributed by atoms with E-state index in [4.69, 9.17) is 0 Å². The van der Waals surface area contributed by atoms with Crippen LogP contribution in [0.2, 0.25) is 0 Å². The van der Waals surface area contributed by atoms with Crippen LogP contribution in [-0.2, 0) is 5.41 Å². The van der Waals surface area contributed by atoms with Gasteiger partial charge in [0.05, 0.1) is 15.7 Å². The zero-order valence-corrected chi connectivity index (χ0v) is 8.98. The lowest BCUT2D eigenvalue weighted by Crippen LogP contribution is -2.10. The van der Waals surface area contributed by atoms with E-state index >= 15 is 0 Å². The minimum absolute atomic E-state index is 0.214. The summed E-state index contributed by atoms with van der Waals surface area (Å²) in [5.41, 5.74) is 4.65. The molecule has 0 unspecified atom stereocenters. The Bertz CT molecular complexity index is 423. The molecule has 0 spiro atoms. The average molecular weight is 191 g/mol. The molecule has 2 heteroatoms. The van der Waals surface area contributed by atoms with Gasteiger partial charge in [0.15, 0.2) is 0 Å². The first kappa shape index (κ1) is 8.70. The van der Waals surface area contributed by atoms with Crippen molar-refractivity contribution in [3.05, 3.63) is 29.3 Å². The van der Waals surface area contributed by atoms with Gasteiger partial charge in [-0.3, -0.25) is 0 Å². The normalized spacial score (nSPS) is 12.2. The van der Waals surface area contributed by atoms with Gasteiger partial charge in [0.25, 0.3) is 0 Å². The standard InChI is InChI=1S/C11H13NS/c1-11(2,3)8-5-4-6-9-10(8)13-7-12-9/h4-7H,1-3H3. The summed E-state index contributed by atoms with van der Waals surface area (Å²) in [6.45, 7) is 6.71. The molecule has 0 radical (unpaired) electrons. The van der Waals surface area contributed by atoms with E-state index in [2.05, 4.69) is 44.0 Å². The average Bonchev–Trinajstić information content (AvgIpc) is 2.48. The van der Waals surface area contributed by atoms with Gasteiger partial charge in [0, 0.05) is 0 Å². The van der Waals surface area contributed by atoms with Crippen molar-refractivity contribution in [1.29, 1.82) is 0 Å². The van der Waals surface area contributed by atoms with Crippen molar-refractivity contribution in [3.63, 3.8) is 0 Å². The quantitative estimate of drug-likeness (QED) is 0.620. The summed E-state index contributed by atoms with van der Waals surface area (Å²) in [6.07, 6.45) is 0. The van der Waals surface area contributed by atoms with E-state index in [9.17, 15) is 0 Å². The Balaban J connectivity index is 2.75. The summed E-state index contributed by atoms with van der Waals surface area (Å²) in [5, 5.41) is 0. The fourth-order valence-electron chi connectivity index (χ4n) is 1.48. The van der Waals surface area contributed by atoms with Gasteiger partial charge in [-0.15, -0.1) is 11.3 Å². The fraction of sp³-hybridized carbons (Fsp3) is 0.364. The molecule has 0 saturated heterocycles. The summed E-state index contributed by atoms with van der Waals surface area (Å²) in [6, 6.07) is 6.35. The first-order valence-corrected chi connectivity index (χ1v) is 5.30. The lowest BCUT2D eigenvalue weighted by molar-refractivity contribution is 0.596. The summed E-state index contributed by atoms with van der Waals surface area (Å²) in [4.78, 5) is 4.31. The highest BCUT2D eigenvalue weighted by atomic mass is 32.1. The first-order valence-electron chi connectivity index (χ1n) is 4.42. The number of hydrogen-bond donors (Lipinski definition) is 0. The molecule has 0 aliphatic heterocycles. The number of thiazole rings is 1. The van der Waals surface area contributed by atoms with Gasteiger partial charge in [-0.05, 0) is 17.0 Å². The predicted octanol–water partition coefficient (Wildman–Crippen LogP) is 3.59. The molecule has 68 valence electrons. The topological polar surface area (TPSA) is 12.9 Å². The van der Waals surface area contributed by atoms with E-state index in [1.165, 1.54) is 10.3 Å². The molecule has 0 amide bonds. The Morgan fingerprint density at radius 2 is 2.00 bits per heavy atom. The second-order valence-electron chi connectivity index (χ2n) is 4.26. The van der Waals surface area contributed by atoms with Crippen molar-refractivity contribution in [1.82, 2.24) is 4.98 Å². The first-order chi connectivity index (χ1) is 6.09. The number of hydrogen-bond acceptors (Lipinski definition) is 2. The number of benzene rings is 1. The van der Waals surface area contributed by atoms with Crippen LogP contribution in [-0.4, -0.2) is 4.98 Å². The molecule has 1 aromatic carbocycles. The molecular weight excluding hydrogens is 178 g/mol. The maximum absolute atomic E-state index is 4.31. The molecule has 2 rings (SSSR count). The summed E-state index contributed by atoms with van der Waals surface area (Å²) < 4.78 is 1.33. The van der Waals surface area contributed by atoms with Crippen LogP contribution in [0.3, 0.4) is 0 Å². The van der Waals surface area contributed by atoms with Gasteiger partial charge in [0.1, 0.15) is 0 Å². The van der Waals surface area contributed by atoms with Crippen molar-refractivity contribution < 1.29 is 0 Å². The Morgan fingerprint density at radius 3 is 2.69 bits per heavy atom. The van der Waals surface area contributed by atoms with E-state index in [0.29, 0.717) is 0 Å². The highest BCUT2D eigenvalue weighted by molar-refractivity contribution is 7.17. The Kier molecular flexibility index (Phi) is 1.88. The molecule has 0 fully saturated rings. The molecule has 0 saturated carbocycles. The Morgan fingerprint density at radius 1 is 1.23 bits per heavy atom. The lowest BCUT2D eigenvalue weighted by atomic mass is 9.87. The Hall–Kier alpha value is -0.890. The molecule has 1 heterocycles. The molecule has 2 aromatic rings. The van der Waals surface area contributed by atoms with Crippen LogP contribution in [0, 0.1) is 0 Å². The van der Waals surface area contributed by atoms with Crippen LogP contribution in [0.25, 0.3) is 10.2 Å². The minimum atomic E-state index is 0.214. The van der Waals surface area contributed by atoms with Gasteiger partial charge in [-0.1, -0.05) is 32.9 Å². The third kappa shape index (κ3) is 1.46. The highest BCUT2D eigenvalue weighted by Crippen LogP contribution is 2.31. The van der Waals surface area contributed by atoms with Crippen molar-refractivity contribution >= 4 is 21.6 Å². The number of aromatic nitrogens is 1. The SMILES string of the molecule is CC(C)(C)c1cccc2ncsc12. The monoisotopic (exact) mass is 191 g/mol. The Labute approximate surface area is 82.4 Å². The van der Waals surface area contributed by atoms with Gasteiger partial charge < -0.3 is 0 Å². The number of fused-ring (bicyclic) bond motifs is 1. The maximum Gasteiger partial charge on any atom is 0.0815 e. The molecule has 1 aromatic heterocycles. The lowest BCUT2D eigenvalue weighted by Gasteiger charge is -2.19. The molecular formula is C11H13NS. The van der Waals surface area contributed by atoms with E-state index < -0.39 is 0 Å². The second-order valence-corrected chi connectivity index (χ2v) is 5.11. The smallest absolute Gasteiger partial charge is 0.0815 e. The number of nitrogens with zero attached hydrogens (tertiary/aromatic N) is 1. The van der Waals surface area contributed by atoms with Crippen molar-refractivity contribution in [2.75, 3.05) is 0 Å². The van der Waals surface area contributed by atoms with Crippen LogP contribution in [0.1, 0.15) is 26.3 Å². The zero-order valence-electron chi connectivity index (χ0n) is 8.16. The molecule has 0 N–H and O–H groups in total. The van der Waals surface area contributed by atoms with E-state index in [0.717, 1.165) is 5.52 Å². The third-order valence-electron chi connectivity index (χ3n) is 2.16. The number of rotatable bonds is 0. The van der Waals surface area contributed by atoms with Crippen LogP contribution in [0.4, 0.5) is 0 Å². The van der Waals surface area contributed by atoms with Gasteiger partial charge in [-0.2, -0.15) is 0 Å². The van der Waals surface area contributed by atoms with E-state index in [1.807, 2.05) is 5.51 Å². The van der Waals surface area contributed by atoms with Gasteiger partial charge >= 0.3 is 0 Å². The molecule has 0 atom stereocenters. The van der Waals surface area contributed by atoms with Crippen molar-refractivity contribution in [3.8, 4) is 0 Å². The minimum Gasteiger partial charge on any atom is -0.245 e. The summed E-state index contributed by atoms with van der Waals surface area (Å²) >= 11 is 1.73. The summed E-state index contributed by atoms with van der Waals surface area (Å²) in [7, 11) is 0. The van der Waals surface area contributed by atoms with Crippen molar-refractivity contribution in [2.45, 2.75) is 26.2 Å². The van der Waals surface area contributed by atoms with Gasteiger partial charge in [-0.25, -0.2) is 4.98 Å². The predicted molar refractivity (Wildman–Crippen MR) is 58.3 cm³/mol. The van der Waals surface area contributed by atoms with Crippen LogP contribution in [0.15, 0.2) is 23.7 Å². The fourth-order valence-corrected chi connectivity index (χ4v) is 2.49. The summed E-state index contributed by atoms with van der Waals surface area (Å²) in [5.74, 6) is 0. The molecule has 0 aliphatic rings. The molecule has 1 nitrogen and oxygen atoms in total. The second kappa shape index (κ2) is 2.81. The van der Waals surface area contributed by atoms with Crippen LogP contribution in [0.5, 0.6) is 0 Å². The van der Waals surface area contributed by atoms with E-state index in [1.54, 1.807) is 11.3 Å². The largest absolute Gasteiger partial charge is 0.245 e. The van der Waals surface area contributed by atoms with Gasteiger partial charge in [0.2, 0.25) is 0 Å². The van der Waals surface area contributed by atoms with Crippen molar-refractivity contribution in [2.24, 2.45) is 0 Å². The van der Waals surface area contributed by atoms with Crippen LogP contribution >= 0.6 is 11.3 Å². The maximum atomic E-state index is 4.31. The molecule has 0 bridgehead atoms. The third-order valence-corrected chi connectivity index (χ3v) is 3.04. The zero-order chi connectivity index (χ0) is 9.47.